The number of carbonyl (C=O) groups is 1. The van der Waals surface area contributed by atoms with Gasteiger partial charge in [-0.2, -0.15) is 5.26 Å². The molecule has 2 aromatic carbocycles. The molecule has 1 aliphatic rings. The lowest BCUT2D eigenvalue weighted by atomic mass is 10.1. The van der Waals surface area contributed by atoms with E-state index in [-0.39, 0.29) is 21.3 Å². The second kappa shape index (κ2) is 7.54. The Balaban J connectivity index is 1.98. The van der Waals surface area contributed by atoms with Crippen LogP contribution < -0.4 is 10.0 Å². The summed E-state index contributed by atoms with van der Waals surface area (Å²) in [6.45, 7) is 0. The summed E-state index contributed by atoms with van der Waals surface area (Å²) in [5.74, 6) is -2.94. The van der Waals surface area contributed by atoms with Crippen molar-refractivity contribution in [2.45, 2.75) is 18.1 Å². The van der Waals surface area contributed by atoms with E-state index in [4.69, 9.17) is 28.5 Å². The van der Waals surface area contributed by atoms with Gasteiger partial charge in [0.1, 0.15) is 17.7 Å². The standard InChI is InChI=1S/C17H11Cl2F2N3O3S/c18-9-4-11(16(14(21)5-9)24-28(26,27)10-1-2-10)17(25)23-15-6-13(20)8(7-22)3-12(15)19/h3-6,10,24H,1-2H2,(H,23,25). The zero-order valence-corrected chi connectivity index (χ0v) is 16.2. The molecule has 1 fully saturated rings. The van der Waals surface area contributed by atoms with Gasteiger partial charge in [-0.15, -0.1) is 0 Å². The average Bonchev–Trinajstić information content (AvgIpc) is 3.45. The zero-order valence-electron chi connectivity index (χ0n) is 13.9. The largest absolute Gasteiger partial charge is 0.320 e. The lowest BCUT2D eigenvalue weighted by Gasteiger charge is -2.14. The molecule has 0 saturated heterocycles. The number of halogens is 4. The topological polar surface area (TPSA) is 99.1 Å². The highest BCUT2D eigenvalue weighted by atomic mass is 35.5. The molecule has 1 aliphatic carbocycles. The molecule has 1 amide bonds. The van der Waals surface area contributed by atoms with Crippen molar-refractivity contribution in [2.24, 2.45) is 0 Å². The number of nitrogens with zero attached hydrogens (tertiary/aromatic N) is 1. The summed E-state index contributed by atoms with van der Waals surface area (Å²) < 4.78 is 54.6. The van der Waals surface area contributed by atoms with Crippen molar-refractivity contribution in [3.8, 4) is 6.07 Å². The molecule has 3 rings (SSSR count). The molecule has 1 saturated carbocycles. The summed E-state index contributed by atoms with van der Waals surface area (Å²) in [6, 6.07) is 5.37. The van der Waals surface area contributed by atoms with E-state index in [1.54, 1.807) is 6.07 Å². The van der Waals surface area contributed by atoms with E-state index in [1.165, 1.54) is 0 Å². The fraction of sp³-hybridized carbons (Fsp3) is 0.176. The molecule has 6 nitrogen and oxygen atoms in total. The van der Waals surface area contributed by atoms with E-state index in [0.29, 0.717) is 12.8 Å². The first-order valence-corrected chi connectivity index (χ1v) is 10.1. The third-order valence-corrected chi connectivity index (χ3v) is 6.30. The highest BCUT2D eigenvalue weighted by Gasteiger charge is 2.37. The molecule has 0 atom stereocenters. The molecule has 0 aromatic heterocycles. The maximum absolute atomic E-state index is 14.4. The van der Waals surface area contributed by atoms with Gasteiger partial charge in [0.25, 0.3) is 5.91 Å². The van der Waals surface area contributed by atoms with E-state index in [1.807, 2.05) is 0 Å². The zero-order chi connectivity index (χ0) is 20.6. The molecule has 0 bridgehead atoms. The number of nitriles is 1. The lowest BCUT2D eigenvalue weighted by molar-refractivity contribution is 0.102. The molecule has 146 valence electrons. The molecular formula is C17H11Cl2F2N3O3S. The predicted octanol–water partition coefficient (Wildman–Crippen LogP) is 4.30. The Morgan fingerprint density at radius 3 is 2.43 bits per heavy atom. The Morgan fingerprint density at radius 2 is 1.82 bits per heavy atom. The van der Waals surface area contributed by atoms with Crippen molar-refractivity contribution in [3.63, 3.8) is 0 Å². The monoisotopic (exact) mass is 445 g/mol. The Hall–Kier alpha value is -2.41. The van der Waals surface area contributed by atoms with Gasteiger partial charge in [-0.3, -0.25) is 9.52 Å². The lowest BCUT2D eigenvalue weighted by Crippen LogP contribution is -2.22. The number of nitrogens with one attached hydrogen (secondary N) is 2. The van der Waals surface area contributed by atoms with Gasteiger partial charge < -0.3 is 5.32 Å². The van der Waals surface area contributed by atoms with Gasteiger partial charge in [0.05, 0.1) is 32.8 Å². The number of benzene rings is 2. The quantitative estimate of drug-likeness (QED) is 0.716. The summed E-state index contributed by atoms with van der Waals surface area (Å²) in [4.78, 5) is 12.6. The van der Waals surface area contributed by atoms with Crippen LogP contribution in [0.1, 0.15) is 28.8 Å². The molecule has 0 heterocycles. The van der Waals surface area contributed by atoms with Crippen molar-refractivity contribution in [3.05, 3.63) is 57.1 Å². The van der Waals surface area contributed by atoms with Gasteiger partial charge in [-0.05, 0) is 31.0 Å². The van der Waals surface area contributed by atoms with Crippen LogP contribution in [0.5, 0.6) is 0 Å². The maximum Gasteiger partial charge on any atom is 0.257 e. The van der Waals surface area contributed by atoms with E-state index < -0.39 is 44.1 Å². The van der Waals surface area contributed by atoms with E-state index in [2.05, 4.69) is 10.0 Å². The highest BCUT2D eigenvalue weighted by molar-refractivity contribution is 7.93. The number of carbonyl (C=O) groups excluding carboxylic acids is 1. The molecule has 2 N–H and O–H groups in total. The first kappa shape index (κ1) is 20.3. The summed E-state index contributed by atoms with van der Waals surface area (Å²) in [6.07, 6.45) is 0.873. The molecule has 11 heteroatoms. The second-order valence-electron chi connectivity index (χ2n) is 6.03. The van der Waals surface area contributed by atoms with Gasteiger partial charge in [0, 0.05) is 11.1 Å². The summed E-state index contributed by atoms with van der Waals surface area (Å²) >= 11 is 11.7. The predicted molar refractivity (Wildman–Crippen MR) is 101 cm³/mol. The maximum atomic E-state index is 14.4. The molecule has 0 aliphatic heterocycles. The summed E-state index contributed by atoms with van der Waals surface area (Å²) in [5, 5.41) is 10.1. The van der Waals surface area contributed by atoms with E-state index in [9.17, 15) is 22.0 Å². The summed E-state index contributed by atoms with van der Waals surface area (Å²) in [7, 11) is -3.86. The normalized spacial score (nSPS) is 13.7. The molecule has 2 aromatic rings. The summed E-state index contributed by atoms with van der Waals surface area (Å²) in [5.41, 5.74) is -1.48. The van der Waals surface area contributed by atoms with Crippen LogP contribution in [-0.4, -0.2) is 19.6 Å². The fourth-order valence-electron chi connectivity index (χ4n) is 2.38. The molecule has 0 unspecified atom stereocenters. The van der Waals surface area contributed by atoms with Crippen molar-refractivity contribution in [1.29, 1.82) is 5.26 Å². The Kier molecular flexibility index (Phi) is 5.48. The van der Waals surface area contributed by atoms with Crippen molar-refractivity contribution in [2.75, 3.05) is 10.0 Å². The van der Waals surface area contributed by atoms with Crippen LogP contribution in [0.2, 0.25) is 10.0 Å². The minimum Gasteiger partial charge on any atom is -0.320 e. The van der Waals surface area contributed by atoms with Gasteiger partial charge in [-0.1, -0.05) is 23.2 Å². The fourth-order valence-corrected chi connectivity index (χ4v) is 4.21. The minimum absolute atomic E-state index is 0.131. The van der Waals surface area contributed by atoms with Gasteiger partial charge >= 0.3 is 0 Å². The average molecular weight is 446 g/mol. The van der Waals surface area contributed by atoms with Crippen molar-refractivity contribution >= 4 is 50.5 Å². The molecule has 0 spiro atoms. The number of sulfonamides is 1. The van der Waals surface area contributed by atoms with Gasteiger partial charge in [-0.25, -0.2) is 17.2 Å². The minimum atomic E-state index is -3.86. The molecular weight excluding hydrogens is 435 g/mol. The van der Waals surface area contributed by atoms with Crippen LogP contribution in [0.25, 0.3) is 0 Å². The van der Waals surface area contributed by atoms with Crippen LogP contribution in [-0.2, 0) is 10.0 Å². The van der Waals surface area contributed by atoms with Crippen LogP contribution in [0.15, 0.2) is 24.3 Å². The number of amides is 1. The Bertz CT molecular complexity index is 1130. The van der Waals surface area contributed by atoms with E-state index >= 15 is 0 Å². The smallest absolute Gasteiger partial charge is 0.257 e. The number of hydrogen-bond donors (Lipinski definition) is 2. The second-order valence-corrected chi connectivity index (χ2v) is 8.84. The number of hydrogen-bond acceptors (Lipinski definition) is 4. The van der Waals surface area contributed by atoms with Crippen LogP contribution in [0.3, 0.4) is 0 Å². The molecule has 0 radical (unpaired) electrons. The number of anilines is 2. The Morgan fingerprint density at radius 1 is 1.14 bits per heavy atom. The van der Waals surface area contributed by atoms with Crippen LogP contribution in [0, 0.1) is 23.0 Å². The first-order chi connectivity index (χ1) is 13.1. The third kappa shape index (κ3) is 4.19. The van der Waals surface area contributed by atoms with Crippen molar-refractivity contribution < 1.29 is 22.0 Å². The Labute approximate surface area is 169 Å². The number of rotatable bonds is 5. The van der Waals surface area contributed by atoms with Gasteiger partial charge in [0.15, 0.2) is 0 Å². The SMILES string of the molecule is N#Cc1cc(Cl)c(NC(=O)c2cc(Cl)cc(F)c2NS(=O)(=O)C2CC2)cc1F. The third-order valence-electron chi connectivity index (χ3n) is 3.93. The highest BCUT2D eigenvalue weighted by Crippen LogP contribution is 2.33. The van der Waals surface area contributed by atoms with Crippen LogP contribution in [0.4, 0.5) is 20.2 Å². The first-order valence-electron chi connectivity index (χ1n) is 7.83. The van der Waals surface area contributed by atoms with Gasteiger partial charge in [0.2, 0.25) is 10.0 Å². The van der Waals surface area contributed by atoms with Crippen LogP contribution >= 0.6 is 23.2 Å². The van der Waals surface area contributed by atoms with E-state index in [0.717, 1.165) is 24.3 Å². The molecule has 28 heavy (non-hydrogen) atoms. The van der Waals surface area contributed by atoms with Crippen molar-refractivity contribution in [1.82, 2.24) is 0 Å².